The summed E-state index contributed by atoms with van der Waals surface area (Å²) in [7, 11) is 3.52. The number of benzene rings is 1. The van der Waals surface area contributed by atoms with E-state index in [2.05, 4.69) is 17.6 Å². The Bertz CT molecular complexity index is 435. The number of hydrogen-bond acceptors (Lipinski definition) is 4. The molecule has 0 saturated carbocycles. The maximum absolute atomic E-state index is 11.3. The summed E-state index contributed by atoms with van der Waals surface area (Å²) < 4.78 is 10.9. The van der Waals surface area contributed by atoms with Gasteiger partial charge in [0, 0.05) is 12.6 Å². The van der Waals surface area contributed by atoms with E-state index in [0.29, 0.717) is 31.1 Å². The molecule has 0 fully saturated rings. The van der Waals surface area contributed by atoms with E-state index in [-0.39, 0.29) is 11.9 Å². The van der Waals surface area contributed by atoms with Crippen molar-refractivity contribution in [1.29, 1.82) is 0 Å². The van der Waals surface area contributed by atoms with Crippen molar-refractivity contribution in [1.82, 2.24) is 10.6 Å². The van der Waals surface area contributed by atoms with Gasteiger partial charge in [0.05, 0.1) is 20.1 Å². The van der Waals surface area contributed by atoms with Crippen molar-refractivity contribution in [2.45, 2.75) is 26.3 Å². The van der Waals surface area contributed by atoms with E-state index in [4.69, 9.17) is 9.47 Å². The molecule has 5 heteroatoms. The molecule has 20 heavy (non-hydrogen) atoms. The number of rotatable bonds is 8. The fourth-order valence-corrected chi connectivity index (χ4v) is 1.78. The minimum absolute atomic E-state index is 0.00751. The highest BCUT2D eigenvalue weighted by atomic mass is 16.5. The number of methoxy groups -OCH3 is 1. The fraction of sp³-hybridized carbons (Fsp3) is 0.533. The van der Waals surface area contributed by atoms with E-state index in [1.807, 2.05) is 32.2 Å². The standard InChI is InChI=1S/C15H24N2O3/c1-5-17-15(18)8-9-20-13-7-6-12(11(2)16-3)10-14(13)19-4/h6-7,10-11,16H,5,8-9H2,1-4H3,(H,17,18). The second kappa shape index (κ2) is 8.43. The molecule has 1 amide bonds. The SMILES string of the molecule is CCNC(=O)CCOc1ccc(C(C)NC)cc1OC. The summed E-state index contributed by atoms with van der Waals surface area (Å²) in [6, 6.07) is 6.06. The maximum atomic E-state index is 11.3. The molecule has 1 aromatic rings. The summed E-state index contributed by atoms with van der Waals surface area (Å²) in [5.41, 5.74) is 1.13. The Balaban J connectivity index is 2.64. The molecule has 0 radical (unpaired) electrons. The molecule has 0 aromatic heterocycles. The predicted molar refractivity (Wildman–Crippen MR) is 79.3 cm³/mol. The van der Waals surface area contributed by atoms with Crippen molar-refractivity contribution in [3.8, 4) is 11.5 Å². The summed E-state index contributed by atoms with van der Waals surface area (Å²) in [6.45, 7) is 4.94. The highest BCUT2D eigenvalue weighted by molar-refractivity contribution is 5.75. The zero-order valence-electron chi connectivity index (χ0n) is 12.7. The summed E-state index contributed by atoms with van der Waals surface area (Å²) in [6.07, 6.45) is 0.339. The van der Waals surface area contributed by atoms with Crippen LogP contribution in [-0.2, 0) is 4.79 Å². The van der Waals surface area contributed by atoms with Gasteiger partial charge in [-0.3, -0.25) is 4.79 Å². The molecule has 2 N–H and O–H groups in total. The van der Waals surface area contributed by atoms with Crippen LogP contribution in [0.15, 0.2) is 18.2 Å². The fourth-order valence-electron chi connectivity index (χ4n) is 1.78. The van der Waals surface area contributed by atoms with E-state index in [1.165, 1.54) is 0 Å². The maximum Gasteiger partial charge on any atom is 0.223 e. The topological polar surface area (TPSA) is 59.6 Å². The average molecular weight is 280 g/mol. The van der Waals surface area contributed by atoms with Crippen LogP contribution in [0.2, 0.25) is 0 Å². The van der Waals surface area contributed by atoms with E-state index in [1.54, 1.807) is 7.11 Å². The van der Waals surface area contributed by atoms with E-state index in [0.717, 1.165) is 5.56 Å². The molecule has 112 valence electrons. The van der Waals surface area contributed by atoms with Crippen molar-refractivity contribution in [3.05, 3.63) is 23.8 Å². The molecular formula is C15H24N2O3. The van der Waals surface area contributed by atoms with Crippen molar-refractivity contribution in [2.24, 2.45) is 0 Å². The Morgan fingerprint density at radius 3 is 2.70 bits per heavy atom. The minimum Gasteiger partial charge on any atom is -0.493 e. The van der Waals surface area contributed by atoms with Crippen LogP contribution in [0.1, 0.15) is 31.9 Å². The van der Waals surface area contributed by atoms with Gasteiger partial charge < -0.3 is 20.1 Å². The van der Waals surface area contributed by atoms with Crippen LogP contribution in [0.25, 0.3) is 0 Å². The van der Waals surface area contributed by atoms with E-state index < -0.39 is 0 Å². The predicted octanol–water partition coefficient (Wildman–Crippen LogP) is 1.88. The molecule has 1 rings (SSSR count). The summed E-state index contributed by atoms with van der Waals surface area (Å²) in [5, 5.41) is 5.91. The van der Waals surface area contributed by atoms with Crippen LogP contribution in [0.5, 0.6) is 11.5 Å². The smallest absolute Gasteiger partial charge is 0.223 e. The lowest BCUT2D eigenvalue weighted by molar-refractivity contribution is -0.121. The zero-order chi connectivity index (χ0) is 15.0. The molecule has 0 aliphatic carbocycles. The second-order valence-electron chi connectivity index (χ2n) is 4.47. The Morgan fingerprint density at radius 1 is 1.35 bits per heavy atom. The van der Waals surface area contributed by atoms with Crippen molar-refractivity contribution in [2.75, 3.05) is 27.3 Å². The normalized spacial score (nSPS) is 11.8. The second-order valence-corrected chi connectivity index (χ2v) is 4.47. The minimum atomic E-state index is -0.00751. The van der Waals surface area contributed by atoms with Gasteiger partial charge in [0.25, 0.3) is 0 Å². The first-order valence-corrected chi connectivity index (χ1v) is 6.87. The number of ether oxygens (including phenoxy) is 2. The number of nitrogens with one attached hydrogen (secondary N) is 2. The highest BCUT2D eigenvalue weighted by Crippen LogP contribution is 2.30. The van der Waals surface area contributed by atoms with Gasteiger partial charge in [-0.05, 0) is 38.6 Å². The van der Waals surface area contributed by atoms with Crippen molar-refractivity contribution < 1.29 is 14.3 Å². The third-order valence-electron chi connectivity index (χ3n) is 3.08. The van der Waals surface area contributed by atoms with Crippen LogP contribution in [0.4, 0.5) is 0 Å². The van der Waals surface area contributed by atoms with Crippen LogP contribution in [0, 0.1) is 0 Å². The Kier molecular flexibility index (Phi) is 6.87. The molecule has 0 aliphatic heterocycles. The Labute approximate surface area is 120 Å². The summed E-state index contributed by atoms with van der Waals surface area (Å²) in [4.78, 5) is 11.3. The molecule has 0 saturated heterocycles. The number of hydrogen-bond donors (Lipinski definition) is 2. The van der Waals surface area contributed by atoms with Gasteiger partial charge in [-0.15, -0.1) is 0 Å². The molecule has 0 spiro atoms. The summed E-state index contributed by atoms with van der Waals surface area (Å²) in [5.74, 6) is 1.33. The molecule has 1 atom stereocenters. The number of carbonyl (C=O) groups is 1. The van der Waals surface area contributed by atoms with Crippen molar-refractivity contribution >= 4 is 5.91 Å². The quantitative estimate of drug-likeness (QED) is 0.763. The van der Waals surface area contributed by atoms with E-state index in [9.17, 15) is 4.79 Å². The molecule has 1 unspecified atom stereocenters. The van der Waals surface area contributed by atoms with Crippen LogP contribution < -0.4 is 20.1 Å². The third-order valence-corrected chi connectivity index (χ3v) is 3.08. The Hall–Kier alpha value is -1.75. The Morgan fingerprint density at radius 2 is 2.10 bits per heavy atom. The van der Waals surface area contributed by atoms with Gasteiger partial charge in [0.2, 0.25) is 5.91 Å². The lowest BCUT2D eigenvalue weighted by Gasteiger charge is -2.15. The lowest BCUT2D eigenvalue weighted by atomic mass is 10.1. The van der Waals surface area contributed by atoms with Gasteiger partial charge in [-0.2, -0.15) is 0 Å². The van der Waals surface area contributed by atoms with Gasteiger partial charge in [-0.1, -0.05) is 6.07 Å². The zero-order valence-corrected chi connectivity index (χ0v) is 12.7. The molecule has 0 heterocycles. The van der Waals surface area contributed by atoms with Crippen LogP contribution >= 0.6 is 0 Å². The molecular weight excluding hydrogens is 256 g/mol. The average Bonchev–Trinajstić information content (AvgIpc) is 2.47. The highest BCUT2D eigenvalue weighted by Gasteiger charge is 2.10. The first kappa shape index (κ1) is 16.3. The molecule has 0 aliphatic rings. The molecule has 1 aromatic carbocycles. The van der Waals surface area contributed by atoms with Gasteiger partial charge in [0.15, 0.2) is 11.5 Å². The first-order chi connectivity index (χ1) is 9.62. The number of carbonyl (C=O) groups excluding carboxylic acids is 1. The third kappa shape index (κ3) is 4.74. The summed E-state index contributed by atoms with van der Waals surface area (Å²) >= 11 is 0. The van der Waals surface area contributed by atoms with Gasteiger partial charge >= 0.3 is 0 Å². The number of amides is 1. The van der Waals surface area contributed by atoms with E-state index >= 15 is 0 Å². The van der Waals surface area contributed by atoms with Gasteiger partial charge in [0.1, 0.15) is 0 Å². The van der Waals surface area contributed by atoms with Crippen LogP contribution in [-0.4, -0.2) is 33.2 Å². The van der Waals surface area contributed by atoms with Crippen molar-refractivity contribution in [3.63, 3.8) is 0 Å². The molecule has 5 nitrogen and oxygen atoms in total. The monoisotopic (exact) mass is 280 g/mol. The lowest BCUT2D eigenvalue weighted by Crippen LogP contribution is -2.24. The van der Waals surface area contributed by atoms with Gasteiger partial charge in [-0.25, -0.2) is 0 Å². The molecule has 0 bridgehead atoms. The van der Waals surface area contributed by atoms with Crippen LogP contribution in [0.3, 0.4) is 0 Å². The first-order valence-electron chi connectivity index (χ1n) is 6.87. The largest absolute Gasteiger partial charge is 0.493 e.